The molecule has 1 spiro atoms. The van der Waals surface area contributed by atoms with Crippen molar-refractivity contribution in [2.45, 2.75) is 37.7 Å². The van der Waals surface area contributed by atoms with Crippen LogP contribution in [0.3, 0.4) is 0 Å². The van der Waals surface area contributed by atoms with Gasteiger partial charge in [-0.05, 0) is 20.3 Å². The van der Waals surface area contributed by atoms with Gasteiger partial charge in [0.15, 0.2) is 0 Å². The van der Waals surface area contributed by atoms with E-state index >= 15 is 0 Å². The van der Waals surface area contributed by atoms with Crippen molar-refractivity contribution in [1.82, 2.24) is 9.29 Å². The minimum absolute atomic E-state index is 0.0882. The smallest absolute Gasteiger partial charge is 0.213 e. The molecule has 0 aromatic carbocycles. The lowest BCUT2D eigenvalue weighted by molar-refractivity contribution is 0.0382. The van der Waals surface area contributed by atoms with Crippen LogP contribution in [0.15, 0.2) is 5.38 Å². The summed E-state index contributed by atoms with van der Waals surface area (Å²) >= 11 is 3.50. The number of nitrogens with zero attached hydrogens (tertiary/aromatic N) is 2. The Hall–Kier alpha value is -0.150. The van der Waals surface area contributed by atoms with Crippen molar-refractivity contribution in [3.63, 3.8) is 0 Å². The zero-order valence-electron chi connectivity index (χ0n) is 12.2. The van der Waals surface area contributed by atoms with E-state index < -0.39 is 10.0 Å². The van der Waals surface area contributed by atoms with Gasteiger partial charge in [-0.1, -0.05) is 0 Å². The molecule has 0 unspecified atom stereocenters. The van der Waals surface area contributed by atoms with Crippen LogP contribution < -0.4 is 0 Å². The summed E-state index contributed by atoms with van der Waals surface area (Å²) in [7, 11) is -3.02. The predicted octanol–water partition coefficient (Wildman–Crippen LogP) is 1.88. The Balaban J connectivity index is 1.48. The Morgan fingerprint density at radius 3 is 2.90 bits per heavy atom. The van der Waals surface area contributed by atoms with Gasteiger partial charge in [0.25, 0.3) is 0 Å². The van der Waals surface area contributed by atoms with Gasteiger partial charge in [-0.15, -0.1) is 23.1 Å². The fourth-order valence-corrected chi connectivity index (χ4v) is 6.35. The minimum atomic E-state index is -3.02. The molecule has 1 aromatic rings. The van der Waals surface area contributed by atoms with Crippen molar-refractivity contribution < 1.29 is 13.2 Å². The number of hydrogen-bond donors (Lipinski definition) is 0. The summed E-state index contributed by atoms with van der Waals surface area (Å²) in [5.74, 6) is 1.14. The van der Waals surface area contributed by atoms with E-state index in [2.05, 4.69) is 4.98 Å². The van der Waals surface area contributed by atoms with Gasteiger partial charge in [-0.25, -0.2) is 13.4 Å². The lowest BCUT2D eigenvalue weighted by atomic mass is 9.95. The molecule has 0 radical (unpaired) electrons. The highest BCUT2D eigenvalue weighted by atomic mass is 32.2. The summed E-state index contributed by atoms with van der Waals surface area (Å²) < 4.78 is 31.2. The molecule has 2 aliphatic heterocycles. The second kappa shape index (κ2) is 5.81. The van der Waals surface area contributed by atoms with Crippen LogP contribution >= 0.6 is 23.1 Å². The maximum atomic E-state index is 11.8. The van der Waals surface area contributed by atoms with E-state index in [9.17, 15) is 8.42 Å². The Morgan fingerprint density at radius 1 is 1.52 bits per heavy atom. The monoisotopic (exact) mass is 348 g/mol. The van der Waals surface area contributed by atoms with Crippen LogP contribution in [0.5, 0.6) is 0 Å². The SMILES string of the molecule is CCS(=O)(=O)N1CC2(C[C@H](OCc3csc(C)n3)CS2)C1. The highest BCUT2D eigenvalue weighted by molar-refractivity contribution is 8.01. The van der Waals surface area contributed by atoms with Crippen LogP contribution in [0.2, 0.25) is 0 Å². The second-order valence-electron chi connectivity index (χ2n) is 5.66. The Bertz CT molecular complexity index is 608. The molecule has 0 amide bonds. The number of rotatable bonds is 5. The molecule has 118 valence electrons. The number of aromatic nitrogens is 1. The summed E-state index contributed by atoms with van der Waals surface area (Å²) in [4.78, 5) is 4.40. The van der Waals surface area contributed by atoms with E-state index in [-0.39, 0.29) is 16.6 Å². The standard InChI is InChI=1S/C13H20N2O3S3/c1-3-21(16,17)15-8-13(9-15)4-12(7-20-13)18-5-11-6-19-10(2)14-11/h6,12H,3-5,7-9H2,1-2H3/t12-/m0/s1. The first-order chi connectivity index (χ1) is 9.92. The van der Waals surface area contributed by atoms with Gasteiger partial charge in [-0.2, -0.15) is 4.31 Å². The van der Waals surface area contributed by atoms with E-state index in [1.807, 2.05) is 24.1 Å². The number of aryl methyl sites for hydroxylation is 1. The number of ether oxygens (including phenoxy) is 1. The van der Waals surface area contributed by atoms with E-state index in [4.69, 9.17) is 4.74 Å². The zero-order valence-corrected chi connectivity index (χ0v) is 14.7. The third-order valence-corrected chi connectivity index (χ3v) is 8.17. The summed E-state index contributed by atoms with van der Waals surface area (Å²) in [5, 5.41) is 3.09. The molecule has 0 bridgehead atoms. The van der Waals surface area contributed by atoms with Gasteiger partial charge in [0, 0.05) is 29.0 Å². The fourth-order valence-electron chi connectivity index (χ4n) is 2.78. The van der Waals surface area contributed by atoms with Crippen LogP contribution in [0.4, 0.5) is 0 Å². The van der Waals surface area contributed by atoms with Crippen molar-refractivity contribution in [2.24, 2.45) is 0 Å². The van der Waals surface area contributed by atoms with Crippen molar-refractivity contribution in [1.29, 1.82) is 0 Å². The van der Waals surface area contributed by atoms with Gasteiger partial charge in [-0.3, -0.25) is 0 Å². The minimum Gasteiger partial charge on any atom is -0.371 e. The van der Waals surface area contributed by atoms with E-state index in [1.165, 1.54) is 0 Å². The van der Waals surface area contributed by atoms with Crippen LogP contribution in [0.1, 0.15) is 24.0 Å². The highest BCUT2D eigenvalue weighted by Gasteiger charge is 2.52. The second-order valence-corrected chi connectivity index (χ2v) is 10.5. The largest absolute Gasteiger partial charge is 0.371 e. The molecule has 2 aliphatic rings. The van der Waals surface area contributed by atoms with Gasteiger partial charge < -0.3 is 4.74 Å². The van der Waals surface area contributed by atoms with Crippen molar-refractivity contribution in [3.8, 4) is 0 Å². The van der Waals surface area contributed by atoms with E-state index in [0.717, 1.165) is 22.9 Å². The van der Waals surface area contributed by atoms with Crippen LogP contribution in [0, 0.1) is 6.92 Å². The molecule has 1 atom stereocenters. The molecular formula is C13H20N2O3S3. The van der Waals surface area contributed by atoms with Crippen molar-refractivity contribution >= 4 is 33.1 Å². The Labute approximate surface area is 134 Å². The van der Waals surface area contributed by atoms with Gasteiger partial charge in [0.1, 0.15) is 0 Å². The predicted molar refractivity (Wildman–Crippen MR) is 86.3 cm³/mol. The number of thioether (sulfide) groups is 1. The first-order valence-electron chi connectivity index (χ1n) is 7.07. The van der Waals surface area contributed by atoms with E-state index in [0.29, 0.717) is 19.7 Å². The van der Waals surface area contributed by atoms with Gasteiger partial charge in [0.2, 0.25) is 10.0 Å². The molecule has 3 rings (SSSR count). The molecule has 21 heavy (non-hydrogen) atoms. The maximum Gasteiger partial charge on any atom is 0.213 e. The average Bonchev–Trinajstić information content (AvgIpc) is 3.01. The molecule has 0 aliphatic carbocycles. The molecule has 1 aromatic heterocycles. The zero-order chi connectivity index (χ0) is 15.1. The van der Waals surface area contributed by atoms with Crippen LogP contribution in [0.25, 0.3) is 0 Å². The number of thiazole rings is 1. The number of hydrogen-bond acceptors (Lipinski definition) is 6. The van der Waals surface area contributed by atoms with Gasteiger partial charge >= 0.3 is 0 Å². The molecule has 0 saturated carbocycles. The lowest BCUT2D eigenvalue weighted by Gasteiger charge is -2.46. The van der Waals surface area contributed by atoms with Crippen LogP contribution in [-0.2, 0) is 21.4 Å². The molecular weight excluding hydrogens is 328 g/mol. The molecule has 5 nitrogen and oxygen atoms in total. The average molecular weight is 349 g/mol. The number of sulfonamides is 1. The van der Waals surface area contributed by atoms with Gasteiger partial charge in [0.05, 0.1) is 29.2 Å². The third-order valence-electron chi connectivity index (χ3n) is 4.00. The maximum absolute atomic E-state index is 11.8. The topological polar surface area (TPSA) is 59.5 Å². The quantitative estimate of drug-likeness (QED) is 0.813. The first kappa shape index (κ1) is 15.7. The molecule has 2 fully saturated rings. The molecule has 0 N–H and O–H groups in total. The van der Waals surface area contributed by atoms with E-state index in [1.54, 1.807) is 22.6 Å². The first-order valence-corrected chi connectivity index (χ1v) is 10.5. The fraction of sp³-hybridized carbons (Fsp3) is 0.769. The lowest BCUT2D eigenvalue weighted by Crippen LogP contribution is -2.60. The summed E-state index contributed by atoms with van der Waals surface area (Å²) in [6, 6.07) is 0. The molecule has 2 saturated heterocycles. The molecule has 3 heterocycles. The van der Waals surface area contributed by atoms with Crippen molar-refractivity contribution in [2.75, 3.05) is 24.6 Å². The normalized spacial score (nSPS) is 25.3. The highest BCUT2D eigenvalue weighted by Crippen LogP contribution is 2.47. The Morgan fingerprint density at radius 2 is 2.29 bits per heavy atom. The summed E-state index contributed by atoms with van der Waals surface area (Å²) in [5.41, 5.74) is 0.993. The summed E-state index contributed by atoms with van der Waals surface area (Å²) in [6.45, 7) is 5.53. The summed E-state index contributed by atoms with van der Waals surface area (Å²) in [6.07, 6.45) is 1.15. The molecule has 8 heteroatoms. The van der Waals surface area contributed by atoms with Crippen LogP contribution in [-0.4, -0.2) is 53.2 Å². The third kappa shape index (κ3) is 3.29. The Kier molecular flexibility index (Phi) is 4.35. The van der Waals surface area contributed by atoms with Crippen molar-refractivity contribution in [3.05, 3.63) is 16.1 Å².